The van der Waals surface area contributed by atoms with Gasteiger partial charge in [0.25, 0.3) is 0 Å². The fourth-order valence-corrected chi connectivity index (χ4v) is 8.19. The molecule has 0 aliphatic rings. The predicted molar refractivity (Wildman–Crippen MR) is 307 cm³/mol. The summed E-state index contributed by atoms with van der Waals surface area (Å²) in [6.07, 6.45) is 78.4. The van der Waals surface area contributed by atoms with Crippen LogP contribution in [0.3, 0.4) is 0 Å². The Labute approximate surface area is 438 Å². The van der Waals surface area contributed by atoms with Crippen LogP contribution in [0, 0.1) is 0 Å². The third kappa shape index (κ3) is 57.1. The molecule has 0 heterocycles. The highest BCUT2D eigenvalue weighted by molar-refractivity contribution is 5.71. The van der Waals surface area contributed by atoms with E-state index in [0.717, 1.165) is 122 Å². The fourth-order valence-electron chi connectivity index (χ4n) is 8.19. The van der Waals surface area contributed by atoms with Crippen molar-refractivity contribution < 1.29 is 28.6 Å². The maximum atomic E-state index is 12.9. The number of hydrogen-bond acceptors (Lipinski definition) is 6. The average molecular weight is 988 g/mol. The van der Waals surface area contributed by atoms with E-state index in [9.17, 15) is 14.4 Å². The number of rotatable bonds is 53. The smallest absolute Gasteiger partial charge is 0.306 e. The summed E-state index contributed by atoms with van der Waals surface area (Å²) in [5.74, 6) is -0.960. The Morgan fingerprint density at radius 3 is 0.887 bits per heavy atom. The first-order valence-electron chi connectivity index (χ1n) is 29.7. The molecule has 0 N–H and O–H groups in total. The van der Waals surface area contributed by atoms with E-state index in [0.29, 0.717) is 19.3 Å². The van der Waals surface area contributed by atoms with Crippen molar-refractivity contribution in [3.8, 4) is 0 Å². The number of ether oxygens (including phenoxy) is 3. The Hall–Kier alpha value is -3.67. The summed E-state index contributed by atoms with van der Waals surface area (Å²) in [4.78, 5) is 38.2. The molecule has 1 atom stereocenters. The summed E-state index contributed by atoms with van der Waals surface area (Å²) in [5, 5.41) is 0. The first-order valence-corrected chi connectivity index (χ1v) is 29.7. The second kappa shape index (κ2) is 58.9. The molecule has 0 spiro atoms. The summed E-state index contributed by atoms with van der Waals surface area (Å²) in [6.45, 7) is 6.38. The van der Waals surface area contributed by atoms with Gasteiger partial charge >= 0.3 is 17.9 Å². The first kappa shape index (κ1) is 67.3. The van der Waals surface area contributed by atoms with Crippen LogP contribution in [0.15, 0.2) is 97.2 Å². The van der Waals surface area contributed by atoms with Crippen LogP contribution in [-0.4, -0.2) is 37.2 Å². The zero-order valence-corrected chi connectivity index (χ0v) is 46.5. The molecule has 0 aliphatic heterocycles. The maximum absolute atomic E-state index is 12.9. The van der Waals surface area contributed by atoms with Crippen LogP contribution in [0.5, 0.6) is 0 Å². The average Bonchev–Trinajstić information content (AvgIpc) is 3.37. The van der Waals surface area contributed by atoms with E-state index < -0.39 is 6.10 Å². The minimum Gasteiger partial charge on any atom is -0.462 e. The molecular weight excluding hydrogens is 877 g/mol. The van der Waals surface area contributed by atoms with Crippen LogP contribution in [0.25, 0.3) is 0 Å². The van der Waals surface area contributed by atoms with Crippen molar-refractivity contribution in [3.05, 3.63) is 97.2 Å². The first-order chi connectivity index (χ1) is 35.0. The van der Waals surface area contributed by atoms with Gasteiger partial charge in [-0.05, 0) is 96.3 Å². The zero-order valence-electron chi connectivity index (χ0n) is 46.5. The van der Waals surface area contributed by atoms with Crippen LogP contribution in [0.2, 0.25) is 0 Å². The fraction of sp³-hybridized carbons (Fsp3) is 0.708. The minimum atomic E-state index is -0.808. The molecule has 0 aromatic rings. The van der Waals surface area contributed by atoms with Crippen molar-refractivity contribution in [1.82, 2.24) is 0 Å². The van der Waals surface area contributed by atoms with Crippen molar-refractivity contribution >= 4 is 17.9 Å². The molecule has 6 nitrogen and oxygen atoms in total. The van der Waals surface area contributed by atoms with Gasteiger partial charge in [-0.15, -0.1) is 0 Å². The van der Waals surface area contributed by atoms with Crippen molar-refractivity contribution in [2.24, 2.45) is 0 Å². The van der Waals surface area contributed by atoms with Crippen LogP contribution >= 0.6 is 0 Å². The summed E-state index contributed by atoms with van der Waals surface area (Å²) in [5.41, 5.74) is 0. The Kier molecular flexibility index (Phi) is 55.9. The molecule has 0 rings (SSSR count). The molecule has 0 saturated carbocycles. The summed E-state index contributed by atoms with van der Waals surface area (Å²) >= 11 is 0. The molecule has 406 valence electrons. The Bertz CT molecular complexity index is 1410. The standard InChI is InChI=1S/C65H110O6/c1-4-7-10-13-16-19-22-25-28-30-31-32-33-35-37-40-43-46-49-52-55-58-64(67)70-61-62(60-69-63(66)57-54-51-48-45-42-39-36-27-24-21-18-15-12-9-6-3)71-65(68)59-56-53-50-47-44-41-38-34-29-26-23-20-17-14-11-8-5-2/h8-9,11-12,17-18,20-21,26-27,29,36,38,41-42,45,62H,4-7,10,13-16,19,22-25,28,30-35,37,39-40,43-44,46-61H2,1-3H3/b11-8-,12-9-,20-17-,21-18-,29-26-,36-27-,41-38-,45-42-. The second-order valence-corrected chi connectivity index (χ2v) is 19.5. The van der Waals surface area contributed by atoms with E-state index in [1.165, 1.54) is 116 Å². The van der Waals surface area contributed by atoms with Gasteiger partial charge in [0, 0.05) is 19.3 Å². The van der Waals surface area contributed by atoms with Crippen LogP contribution in [0.1, 0.15) is 278 Å². The van der Waals surface area contributed by atoms with Gasteiger partial charge in [0.05, 0.1) is 0 Å². The van der Waals surface area contributed by atoms with E-state index >= 15 is 0 Å². The Morgan fingerprint density at radius 2 is 0.549 bits per heavy atom. The normalized spacial score (nSPS) is 12.8. The van der Waals surface area contributed by atoms with Gasteiger partial charge in [0.15, 0.2) is 6.10 Å². The van der Waals surface area contributed by atoms with Crippen molar-refractivity contribution in [3.63, 3.8) is 0 Å². The lowest BCUT2D eigenvalue weighted by molar-refractivity contribution is -0.167. The van der Waals surface area contributed by atoms with E-state index in [1.54, 1.807) is 0 Å². The molecule has 1 unspecified atom stereocenters. The van der Waals surface area contributed by atoms with E-state index in [2.05, 4.69) is 118 Å². The quantitative estimate of drug-likeness (QED) is 0.0261. The molecule has 0 saturated heterocycles. The molecule has 0 amide bonds. The Morgan fingerprint density at radius 1 is 0.296 bits per heavy atom. The van der Waals surface area contributed by atoms with Gasteiger partial charge in [-0.1, -0.05) is 259 Å². The number of esters is 3. The van der Waals surface area contributed by atoms with Crippen molar-refractivity contribution in [2.45, 2.75) is 284 Å². The molecule has 0 aliphatic carbocycles. The van der Waals surface area contributed by atoms with Gasteiger partial charge in [0.1, 0.15) is 13.2 Å². The summed E-state index contributed by atoms with van der Waals surface area (Å²) in [6, 6.07) is 0. The molecular formula is C65H110O6. The third-order valence-electron chi connectivity index (χ3n) is 12.6. The second-order valence-electron chi connectivity index (χ2n) is 19.5. The van der Waals surface area contributed by atoms with Crippen LogP contribution in [-0.2, 0) is 28.6 Å². The van der Waals surface area contributed by atoms with Crippen molar-refractivity contribution in [1.29, 1.82) is 0 Å². The number of allylic oxidation sites excluding steroid dienone is 16. The molecule has 0 aromatic carbocycles. The number of hydrogen-bond donors (Lipinski definition) is 0. The number of unbranched alkanes of at least 4 members (excludes halogenated alkanes) is 26. The monoisotopic (exact) mass is 987 g/mol. The molecule has 0 fully saturated rings. The lowest BCUT2D eigenvalue weighted by atomic mass is 10.0. The largest absolute Gasteiger partial charge is 0.462 e. The van der Waals surface area contributed by atoms with Gasteiger partial charge in [-0.3, -0.25) is 14.4 Å². The molecule has 0 radical (unpaired) electrons. The van der Waals surface area contributed by atoms with Gasteiger partial charge < -0.3 is 14.2 Å². The lowest BCUT2D eigenvalue weighted by Gasteiger charge is -2.18. The highest BCUT2D eigenvalue weighted by atomic mass is 16.6. The molecule has 0 bridgehead atoms. The molecule has 6 heteroatoms. The summed E-state index contributed by atoms with van der Waals surface area (Å²) < 4.78 is 16.8. The zero-order chi connectivity index (χ0) is 51.4. The van der Waals surface area contributed by atoms with Gasteiger partial charge in [-0.25, -0.2) is 0 Å². The van der Waals surface area contributed by atoms with Crippen molar-refractivity contribution in [2.75, 3.05) is 13.2 Å². The lowest BCUT2D eigenvalue weighted by Crippen LogP contribution is -2.30. The van der Waals surface area contributed by atoms with Gasteiger partial charge in [-0.2, -0.15) is 0 Å². The highest BCUT2D eigenvalue weighted by Gasteiger charge is 2.19. The molecule has 71 heavy (non-hydrogen) atoms. The highest BCUT2D eigenvalue weighted by Crippen LogP contribution is 2.16. The summed E-state index contributed by atoms with van der Waals surface area (Å²) in [7, 11) is 0. The van der Waals surface area contributed by atoms with Crippen LogP contribution < -0.4 is 0 Å². The van der Waals surface area contributed by atoms with E-state index in [1.807, 2.05) is 0 Å². The third-order valence-corrected chi connectivity index (χ3v) is 12.6. The van der Waals surface area contributed by atoms with E-state index in [4.69, 9.17) is 14.2 Å². The van der Waals surface area contributed by atoms with Gasteiger partial charge in [0.2, 0.25) is 0 Å². The number of carbonyl (C=O) groups excluding carboxylic acids is 3. The maximum Gasteiger partial charge on any atom is 0.306 e. The van der Waals surface area contributed by atoms with Crippen LogP contribution in [0.4, 0.5) is 0 Å². The van der Waals surface area contributed by atoms with E-state index in [-0.39, 0.29) is 31.1 Å². The Balaban J connectivity index is 4.42. The minimum absolute atomic E-state index is 0.0994. The predicted octanol–water partition coefficient (Wildman–Crippen LogP) is 20.1. The topological polar surface area (TPSA) is 78.9 Å². The number of carbonyl (C=O) groups is 3. The SMILES string of the molecule is CC/C=C\C/C=C\C/C=C\C/C=C\CCCCCCC(=O)OC(COC(=O)CCCC/C=C\C/C=C\C/C=C\C/C=C\CC)COC(=O)CCCCCCCCCCCCCCCCCCCCCCC. The molecule has 0 aromatic heterocycles.